The lowest BCUT2D eigenvalue weighted by atomic mass is 9.95. The van der Waals surface area contributed by atoms with Crippen LogP contribution in [0, 0.1) is 6.92 Å². The molecule has 0 saturated carbocycles. The molecule has 1 unspecified atom stereocenters. The molecule has 0 aliphatic rings. The summed E-state index contributed by atoms with van der Waals surface area (Å²) in [4.78, 5) is 27.4. The zero-order valence-corrected chi connectivity index (χ0v) is 18.1. The third kappa shape index (κ3) is 3.81. The Kier molecular flexibility index (Phi) is 5.65. The first-order valence-corrected chi connectivity index (χ1v) is 10.4. The molecule has 0 radical (unpaired) electrons. The number of primary amides is 1. The second kappa shape index (κ2) is 8.55. The minimum absolute atomic E-state index is 0.227. The third-order valence-corrected chi connectivity index (χ3v) is 5.76. The summed E-state index contributed by atoms with van der Waals surface area (Å²) < 4.78 is 0. The Morgan fingerprint density at radius 2 is 1.69 bits per heavy atom. The minimum atomic E-state index is -0.486. The van der Waals surface area contributed by atoms with Gasteiger partial charge in [-0.05, 0) is 54.3 Å². The Morgan fingerprint density at radius 3 is 2.38 bits per heavy atom. The van der Waals surface area contributed by atoms with Crippen molar-refractivity contribution in [1.82, 2.24) is 10.3 Å². The van der Waals surface area contributed by atoms with E-state index >= 15 is 0 Å². The van der Waals surface area contributed by atoms with Crippen molar-refractivity contribution in [2.24, 2.45) is 5.73 Å². The molecule has 4 N–H and O–H groups in total. The van der Waals surface area contributed by atoms with E-state index in [-0.39, 0.29) is 11.9 Å². The van der Waals surface area contributed by atoms with E-state index in [4.69, 9.17) is 5.73 Å². The van der Waals surface area contributed by atoms with Crippen LogP contribution in [-0.2, 0) is 4.79 Å². The van der Waals surface area contributed by atoms with Crippen molar-refractivity contribution in [3.63, 3.8) is 0 Å². The van der Waals surface area contributed by atoms with E-state index in [1.165, 1.54) is 6.08 Å². The first kappa shape index (κ1) is 21.1. The SMILES string of the molecule is C=CC(=O)NC(C)c1ccccc1-c1cc2c(-c3ccccc3C)ccc(C(N)=O)c2[nH]1. The van der Waals surface area contributed by atoms with Gasteiger partial charge < -0.3 is 16.0 Å². The van der Waals surface area contributed by atoms with Gasteiger partial charge in [-0.3, -0.25) is 9.59 Å². The van der Waals surface area contributed by atoms with E-state index in [9.17, 15) is 9.59 Å². The first-order valence-electron chi connectivity index (χ1n) is 10.4. The molecular weight excluding hydrogens is 398 g/mol. The second-order valence-electron chi connectivity index (χ2n) is 7.83. The molecule has 5 nitrogen and oxygen atoms in total. The number of amides is 2. The Morgan fingerprint density at radius 1 is 1.00 bits per heavy atom. The summed E-state index contributed by atoms with van der Waals surface area (Å²) in [5, 5.41) is 3.84. The van der Waals surface area contributed by atoms with Gasteiger partial charge in [-0.15, -0.1) is 0 Å². The number of aromatic nitrogens is 1. The summed E-state index contributed by atoms with van der Waals surface area (Å²) in [6.07, 6.45) is 1.26. The highest BCUT2D eigenvalue weighted by Gasteiger charge is 2.19. The predicted molar refractivity (Wildman–Crippen MR) is 129 cm³/mol. The molecule has 0 aliphatic heterocycles. The van der Waals surface area contributed by atoms with Crippen molar-refractivity contribution in [2.75, 3.05) is 0 Å². The average Bonchev–Trinajstić information content (AvgIpc) is 3.24. The van der Waals surface area contributed by atoms with Crippen molar-refractivity contribution in [3.05, 3.63) is 96.1 Å². The molecule has 4 aromatic rings. The maximum absolute atomic E-state index is 12.2. The number of nitrogens with two attached hydrogens (primary N) is 1. The number of carbonyl (C=O) groups excluding carboxylic acids is 2. The number of hydrogen-bond donors (Lipinski definition) is 3. The largest absolute Gasteiger partial charge is 0.366 e. The van der Waals surface area contributed by atoms with Gasteiger partial charge in [0.2, 0.25) is 5.91 Å². The standard InChI is InChI=1S/C27H25N3O2/c1-4-25(31)29-17(3)19-11-7-8-12-21(19)24-15-23-20(18-10-6-5-9-16(18)2)13-14-22(27(28)32)26(23)30-24/h4-15,17,30H,1H2,2-3H3,(H2,28,32)(H,29,31). The number of rotatable bonds is 6. The van der Waals surface area contributed by atoms with Crippen molar-refractivity contribution in [2.45, 2.75) is 19.9 Å². The van der Waals surface area contributed by atoms with Gasteiger partial charge in [-0.25, -0.2) is 0 Å². The summed E-state index contributed by atoms with van der Waals surface area (Å²) in [5.41, 5.74) is 12.8. The monoisotopic (exact) mass is 423 g/mol. The maximum Gasteiger partial charge on any atom is 0.250 e. The van der Waals surface area contributed by atoms with Gasteiger partial charge in [0.25, 0.3) is 5.91 Å². The topological polar surface area (TPSA) is 88.0 Å². The Labute approximate surface area is 187 Å². The van der Waals surface area contributed by atoms with E-state index in [1.54, 1.807) is 6.07 Å². The number of hydrogen-bond acceptors (Lipinski definition) is 2. The van der Waals surface area contributed by atoms with Crippen LogP contribution in [0.2, 0.25) is 0 Å². The van der Waals surface area contributed by atoms with Crippen molar-refractivity contribution < 1.29 is 9.59 Å². The van der Waals surface area contributed by atoms with Gasteiger partial charge >= 0.3 is 0 Å². The molecule has 3 aromatic carbocycles. The molecule has 0 spiro atoms. The molecule has 0 saturated heterocycles. The van der Waals surface area contributed by atoms with Crippen molar-refractivity contribution in [3.8, 4) is 22.4 Å². The fraction of sp³-hybridized carbons (Fsp3) is 0.111. The smallest absolute Gasteiger partial charge is 0.250 e. The van der Waals surface area contributed by atoms with E-state index in [0.717, 1.165) is 38.9 Å². The van der Waals surface area contributed by atoms with Crippen LogP contribution < -0.4 is 11.1 Å². The molecule has 0 bridgehead atoms. The molecule has 4 rings (SSSR count). The van der Waals surface area contributed by atoms with Gasteiger partial charge in [-0.1, -0.05) is 61.2 Å². The number of aromatic amines is 1. The molecule has 2 amide bonds. The number of fused-ring (bicyclic) bond motifs is 1. The molecule has 0 fully saturated rings. The lowest BCUT2D eigenvalue weighted by molar-refractivity contribution is -0.117. The van der Waals surface area contributed by atoms with E-state index < -0.39 is 5.91 Å². The van der Waals surface area contributed by atoms with Gasteiger partial charge in [0.1, 0.15) is 0 Å². The highest BCUT2D eigenvalue weighted by molar-refractivity contribution is 6.10. The van der Waals surface area contributed by atoms with Gasteiger partial charge in [0.15, 0.2) is 0 Å². The quantitative estimate of drug-likeness (QED) is 0.369. The van der Waals surface area contributed by atoms with Gasteiger partial charge in [0.05, 0.1) is 17.1 Å². The highest BCUT2D eigenvalue weighted by atomic mass is 16.1. The van der Waals surface area contributed by atoms with Crippen LogP contribution in [0.25, 0.3) is 33.3 Å². The number of carbonyl (C=O) groups is 2. The molecular formula is C27H25N3O2. The van der Waals surface area contributed by atoms with Gasteiger partial charge in [-0.2, -0.15) is 0 Å². The van der Waals surface area contributed by atoms with Crippen LogP contribution >= 0.6 is 0 Å². The molecule has 1 aromatic heterocycles. The molecule has 1 heterocycles. The lowest BCUT2D eigenvalue weighted by Gasteiger charge is -2.16. The fourth-order valence-corrected chi connectivity index (χ4v) is 4.15. The summed E-state index contributed by atoms with van der Waals surface area (Å²) in [6, 6.07) is 21.5. The fourth-order valence-electron chi connectivity index (χ4n) is 4.15. The number of nitrogens with one attached hydrogen (secondary N) is 2. The normalized spacial score (nSPS) is 11.8. The van der Waals surface area contributed by atoms with Crippen LogP contribution in [0.4, 0.5) is 0 Å². The van der Waals surface area contributed by atoms with Crippen molar-refractivity contribution in [1.29, 1.82) is 0 Å². The summed E-state index contributed by atoms with van der Waals surface area (Å²) >= 11 is 0. The van der Waals surface area contributed by atoms with Crippen LogP contribution in [0.5, 0.6) is 0 Å². The number of aryl methyl sites for hydroxylation is 1. The Bertz CT molecular complexity index is 1350. The summed E-state index contributed by atoms with van der Waals surface area (Å²) in [5.74, 6) is -0.721. The molecule has 1 atom stereocenters. The predicted octanol–water partition coefficient (Wildman–Crippen LogP) is 5.27. The van der Waals surface area contributed by atoms with Crippen LogP contribution in [0.3, 0.4) is 0 Å². The maximum atomic E-state index is 12.2. The summed E-state index contributed by atoms with van der Waals surface area (Å²) in [7, 11) is 0. The number of benzene rings is 3. The Balaban J connectivity index is 1.93. The van der Waals surface area contributed by atoms with E-state index in [0.29, 0.717) is 11.1 Å². The van der Waals surface area contributed by atoms with Crippen molar-refractivity contribution >= 4 is 22.7 Å². The number of H-pyrrole nitrogens is 1. The van der Waals surface area contributed by atoms with Crippen LogP contribution in [0.1, 0.15) is 34.5 Å². The van der Waals surface area contributed by atoms with Crippen LogP contribution in [0.15, 0.2) is 79.4 Å². The zero-order chi connectivity index (χ0) is 22.8. The van der Waals surface area contributed by atoms with Gasteiger partial charge in [0, 0.05) is 16.6 Å². The molecule has 160 valence electrons. The van der Waals surface area contributed by atoms with E-state index in [2.05, 4.69) is 35.9 Å². The van der Waals surface area contributed by atoms with Crippen LogP contribution in [-0.4, -0.2) is 16.8 Å². The molecule has 5 heteroatoms. The molecule has 0 aliphatic carbocycles. The first-order chi connectivity index (χ1) is 15.4. The molecule has 32 heavy (non-hydrogen) atoms. The Hall–Kier alpha value is -4.12. The second-order valence-corrected chi connectivity index (χ2v) is 7.83. The summed E-state index contributed by atoms with van der Waals surface area (Å²) in [6.45, 7) is 7.52. The third-order valence-electron chi connectivity index (χ3n) is 5.76. The lowest BCUT2D eigenvalue weighted by Crippen LogP contribution is -2.24. The van der Waals surface area contributed by atoms with E-state index in [1.807, 2.05) is 55.5 Å². The minimum Gasteiger partial charge on any atom is -0.366 e. The highest BCUT2D eigenvalue weighted by Crippen LogP contribution is 2.37. The zero-order valence-electron chi connectivity index (χ0n) is 18.1. The average molecular weight is 424 g/mol.